The van der Waals surface area contributed by atoms with E-state index in [1.807, 2.05) is 24.3 Å². The van der Waals surface area contributed by atoms with E-state index in [1.165, 1.54) is 6.20 Å². The van der Waals surface area contributed by atoms with Crippen LogP contribution in [-0.2, 0) is 0 Å². The van der Waals surface area contributed by atoms with E-state index in [-0.39, 0.29) is 12.2 Å². The van der Waals surface area contributed by atoms with Crippen LogP contribution in [0.25, 0.3) is 10.9 Å². The Bertz CT molecular complexity index is 583. The van der Waals surface area contributed by atoms with Crippen LogP contribution < -0.4 is 4.90 Å². The van der Waals surface area contributed by atoms with E-state index in [2.05, 4.69) is 4.98 Å². The number of carboxylic acid groups (broad SMARTS) is 1. The smallest absolute Gasteiger partial charge is 0.339 e. The number of benzene rings is 1. The number of aliphatic hydroxyl groups is 1. The van der Waals surface area contributed by atoms with Gasteiger partial charge in [0.25, 0.3) is 0 Å². The molecule has 5 heteroatoms. The molecule has 2 aromatic rings. The summed E-state index contributed by atoms with van der Waals surface area (Å²) in [6, 6.07) is 7.35. The van der Waals surface area contributed by atoms with Crippen LogP contribution in [0.5, 0.6) is 0 Å². The van der Waals surface area contributed by atoms with E-state index in [0.29, 0.717) is 12.2 Å². The molecule has 0 saturated carbocycles. The number of carboxylic acids is 1. The van der Waals surface area contributed by atoms with Gasteiger partial charge in [0.2, 0.25) is 0 Å². The molecule has 0 amide bonds. The highest BCUT2D eigenvalue weighted by Gasteiger charge is 2.17. The third-order valence-electron chi connectivity index (χ3n) is 2.79. The molecule has 0 saturated heterocycles. The minimum absolute atomic E-state index is 0.0355. The number of pyridine rings is 1. The van der Waals surface area contributed by atoms with Gasteiger partial charge in [0, 0.05) is 25.2 Å². The largest absolute Gasteiger partial charge is 0.478 e. The molecule has 2 rings (SSSR count). The zero-order valence-electron chi connectivity index (χ0n) is 10.00. The highest BCUT2D eigenvalue weighted by Crippen LogP contribution is 2.28. The highest BCUT2D eigenvalue weighted by molar-refractivity contribution is 6.04. The summed E-state index contributed by atoms with van der Waals surface area (Å²) in [7, 11) is 1.75. The Morgan fingerprint density at radius 3 is 2.78 bits per heavy atom. The highest BCUT2D eigenvalue weighted by atomic mass is 16.4. The fraction of sp³-hybridized carbons (Fsp3) is 0.231. The lowest BCUT2D eigenvalue weighted by atomic mass is 10.1. The number of nitrogens with zero attached hydrogens (tertiary/aromatic N) is 2. The fourth-order valence-electron chi connectivity index (χ4n) is 1.96. The number of rotatable bonds is 4. The van der Waals surface area contributed by atoms with Crippen molar-refractivity contribution in [2.24, 2.45) is 0 Å². The molecule has 1 heterocycles. The fourth-order valence-corrected chi connectivity index (χ4v) is 1.96. The first kappa shape index (κ1) is 12.3. The molecule has 0 radical (unpaired) electrons. The van der Waals surface area contributed by atoms with Gasteiger partial charge in [-0.3, -0.25) is 4.98 Å². The summed E-state index contributed by atoms with van der Waals surface area (Å²) in [5, 5.41) is 19.0. The molecule has 5 nitrogen and oxygen atoms in total. The van der Waals surface area contributed by atoms with Crippen molar-refractivity contribution in [2.75, 3.05) is 25.1 Å². The van der Waals surface area contributed by atoms with Gasteiger partial charge < -0.3 is 15.1 Å². The van der Waals surface area contributed by atoms with Crippen LogP contribution in [0.1, 0.15) is 10.4 Å². The molecule has 0 unspecified atom stereocenters. The molecule has 0 spiro atoms. The third kappa shape index (κ3) is 2.12. The van der Waals surface area contributed by atoms with Crippen LogP contribution in [-0.4, -0.2) is 41.4 Å². The number of aromatic carboxylic acids is 1. The quantitative estimate of drug-likeness (QED) is 0.852. The maximum absolute atomic E-state index is 11.2. The summed E-state index contributed by atoms with van der Waals surface area (Å²) in [6.07, 6.45) is 1.36. The predicted octanol–water partition coefficient (Wildman–Crippen LogP) is 1.36. The topological polar surface area (TPSA) is 73.7 Å². The van der Waals surface area contributed by atoms with Crippen molar-refractivity contribution in [3.05, 3.63) is 36.0 Å². The van der Waals surface area contributed by atoms with Crippen molar-refractivity contribution >= 4 is 22.6 Å². The Morgan fingerprint density at radius 2 is 2.11 bits per heavy atom. The summed E-state index contributed by atoms with van der Waals surface area (Å²) in [4.78, 5) is 17.1. The number of fused-ring (bicyclic) bond motifs is 1. The van der Waals surface area contributed by atoms with Gasteiger partial charge in [-0.05, 0) is 6.07 Å². The molecule has 1 aromatic heterocycles. The summed E-state index contributed by atoms with van der Waals surface area (Å²) in [5.74, 6) is -1.02. The monoisotopic (exact) mass is 246 g/mol. The first-order valence-electron chi connectivity index (χ1n) is 5.58. The third-order valence-corrected chi connectivity index (χ3v) is 2.79. The van der Waals surface area contributed by atoms with Crippen molar-refractivity contribution in [3.63, 3.8) is 0 Å². The molecule has 0 aliphatic heterocycles. The Balaban J connectivity index is 2.70. The van der Waals surface area contributed by atoms with Crippen molar-refractivity contribution in [3.8, 4) is 0 Å². The van der Waals surface area contributed by atoms with Gasteiger partial charge in [-0.25, -0.2) is 4.79 Å². The van der Waals surface area contributed by atoms with Gasteiger partial charge in [0.1, 0.15) is 5.56 Å². The van der Waals surface area contributed by atoms with Gasteiger partial charge in [0.15, 0.2) is 0 Å². The van der Waals surface area contributed by atoms with Crippen molar-refractivity contribution in [2.45, 2.75) is 0 Å². The lowest BCUT2D eigenvalue weighted by Crippen LogP contribution is -2.24. The molecule has 0 fully saturated rings. The average Bonchev–Trinajstić information content (AvgIpc) is 2.37. The zero-order valence-corrected chi connectivity index (χ0v) is 10.00. The number of anilines is 1. The number of carbonyl (C=O) groups is 1. The van der Waals surface area contributed by atoms with Crippen LogP contribution in [0.15, 0.2) is 30.5 Å². The minimum atomic E-state index is -1.02. The number of aromatic nitrogens is 1. The minimum Gasteiger partial charge on any atom is -0.478 e. The number of aliphatic hydroxyl groups excluding tert-OH is 1. The first-order valence-corrected chi connectivity index (χ1v) is 5.58. The lowest BCUT2D eigenvalue weighted by Gasteiger charge is -2.21. The Hall–Kier alpha value is -2.14. The van der Waals surface area contributed by atoms with Crippen molar-refractivity contribution < 1.29 is 15.0 Å². The first-order chi connectivity index (χ1) is 8.65. The van der Waals surface area contributed by atoms with Crippen LogP contribution in [0.3, 0.4) is 0 Å². The molecular weight excluding hydrogens is 232 g/mol. The van der Waals surface area contributed by atoms with E-state index >= 15 is 0 Å². The average molecular weight is 246 g/mol. The zero-order chi connectivity index (χ0) is 13.1. The molecule has 0 aliphatic rings. The maximum Gasteiger partial charge on any atom is 0.339 e. The Kier molecular flexibility index (Phi) is 3.43. The van der Waals surface area contributed by atoms with Crippen LogP contribution in [0, 0.1) is 0 Å². The van der Waals surface area contributed by atoms with E-state index in [1.54, 1.807) is 11.9 Å². The molecule has 0 aliphatic carbocycles. The molecular formula is C13H14N2O3. The number of likely N-dealkylation sites (N-methyl/N-ethyl adjacent to an activating group) is 1. The number of para-hydroxylation sites is 1. The second-order valence-corrected chi connectivity index (χ2v) is 3.99. The van der Waals surface area contributed by atoms with E-state index in [4.69, 9.17) is 5.11 Å². The number of hydrogen-bond donors (Lipinski definition) is 2. The van der Waals surface area contributed by atoms with E-state index < -0.39 is 5.97 Å². The summed E-state index contributed by atoms with van der Waals surface area (Å²) in [5.41, 5.74) is 1.47. The molecule has 0 atom stereocenters. The van der Waals surface area contributed by atoms with Crippen LogP contribution in [0.2, 0.25) is 0 Å². The van der Waals surface area contributed by atoms with Gasteiger partial charge in [-0.15, -0.1) is 0 Å². The summed E-state index contributed by atoms with van der Waals surface area (Å²) < 4.78 is 0. The SMILES string of the molecule is CN(CCO)c1c(C(=O)O)cnc2ccccc12. The number of hydrogen-bond acceptors (Lipinski definition) is 4. The molecule has 1 aromatic carbocycles. The standard InChI is InChI=1S/C13H14N2O3/c1-15(6-7-16)12-9-4-2-3-5-11(9)14-8-10(12)13(17)18/h2-5,8,16H,6-7H2,1H3,(H,17,18). The molecule has 18 heavy (non-hydrogen) atoms. The van der Waals surface area contributed by atoms with Crippen molar-refractivity contribution in [1.82, 2.24) is 4.98 Å². The van der Waals surface area contributed by atoms with E-state index in [9.17, 15) is 9.90 Å². The van der Waals surface area contributed by atoms with Crippen molar-refractivity contribution in [1.29, 1.82) is 0 Å². The van der Waals surface area contributed by atoms with Crippen LogP contribution >= 0.6 is 0 Å². The summed E-state index contributed by atoms with van der Waals surface area (Å²) >= 11 is 0. The lowest BCUT2D eigenvalue weighted by molar-refractivity contribution is 0.0697. The molecule has 2 N–H and O–H groups in total. The second-order valence-electron chi connectivity index (χ2n) is 3.99. The van der Waals surface area contributed by atoms with Gasteiger partial charge in [0.05, 0.1) is 17.8 Å². The summed E-state index contributed by atoms with van der Waals surface area (Å²) in [6.45, 7) is 0.334. The van der Waals surface area contributed by atoms with Gasteiger partial charge in [-0.1, -0.05) is 18.2 Å². The maximum atomic E-state index is 11.2. The Morgan fingerprint density at radius 1 is 1.39 bits per heavy atom. The van der Waals surface area contributed by atoms with Crippen LogP contribution in [0.4, 0.5) is 5.69 Å². The van der Waals surface area contributed by atoms with Gasteiger partial charge >= 0.3 is 5.97 Å². The van der Waals surface area contributed by atoms with Gasteiger partial charge in [-0.2, -0.15) is 0 Å². The molecule has 0 bridgehead atoms. The second kappa shape index (κ2) is 5.01. The normalized spacial score (nSPS) is 10.6. The Labute approximate surface area is 104 Å². The molecule has 94 valence electrons. The van der Waals surface area contributed by atoms with E-state index in [0.717, 1.165) is 10.9 Å². The predicted molar refractivity (Wildman–Crippen MR) is 69.1 cm³/mol.